The molecule has 0 amide bonds. The molecule has 0 aromatic heterocycles. The van der Waals surface area contributed by atoms with Crippen molar-refractivity contribution in [3.63, 3.8) is 0 Å². The van der Waals surface area contributed by atoms with Crippen molar-refractivity contribution in [1.82, 2.24) is 0 Å². The molecule has 2 rings (SSSR count). The average Bonchev–Trinajstić information content (AvgIpc) is 2.63. The number of hydrogen-bond acceptors (Lipinski definition) is 1. The average molecular weight is 257 g/mol. The molecule has 0 heterocycles. The van der Waals surface area contributed by atoms with Crippen molar-refractivity contribution in [3.05, 3.63) is 35.2 Å². The summed E-state index contributed by atoms with van der Waals surface area (Å²) >= 11 is 3.26. The summed E-state index contributed by atoms with van der Waals surface area (Å²) in [6, 6.07) is 3.35. The monoisotopic (exact) mass is 256 g/mol. The van der Waals surface area contributed by atoms with Crippen LogP contribution in [0.2, 0.25) is 0 Å². The van der Waals surface area contributed by atoms with E-state index in [1.54, 1.807) is 0 Å². The highest BCUT2D eigenvalue weighted by Crippen LogP contribution is 2.27. The third-order valence-electron chi connectivity index (χ3n) is 2.16. The number of halogens is 2. The minimum atomic E-state index is -0.194. The van der Waals surface area contributed by atoms with E-state index in [1.165, 1.54) is 6.07 Å². The Morgan fingerprint density at radius 3 is 3.07 bits per heavy atom. The minimum absolute atomic E-state index is 0.194. The molecule has 0 bridgehead atoms. The number of fused-ring (bicyclic) bond motifs is 1. The first-order valence-electron chi connectivity index (χ1n) is 4.49. The van der Waals surface area contributed by atoms with Crippen molar-refractivity contribution < 1.29 is 9.13 Å². The summed E-state index contributed by atoms with van der Waals surface area (Å²) in [5, 5.41) is 0.754. The molecule has 0 unspecified atom stereocenters. The second-order valence-electron chi connectivity index (χ2n) is 3.12. The number of rotatable bonds is 3. The summed E-state index contributed by atoms with van der Waals surface area (Å²) in [4.78, 5) is 0. The first kappa shape index (κ1) is 9.71. The maximum Gasteiger partial charge on any atom is 0.134 e. The standard InChI is InChI=1S/C11H10BrFO/c12-4-5-14-9-6-8-2-1-3-10(8)11(13)7-9/h1,3,6-7H,2,4-5H2. The van der Waals surface area contributed by atoms with E-state index >= 15 is 0 Å². The van der Waals surface area contributed by atoms with Gasteiger partial charge in [-0.25, -0.2) is 4.39 Å². The Labute approximate surface area is 90.7 Å². The largest absolute Gasteiger partial charge is 0.493 e. The van der Waals surface area contributed by atoms with Crippen LogP contribution >= 0.6 is 15.9 Å². The predicted molar refractivity (Wildman–Crippen MR) is 58.4 cm³/mol. The van der Waals surface area contributed by atoms with E-state index in [9.17, 15) is 4.39 Å². The second-order valence-corrected chi connectivity index (χ2v) is 3.91. The number of benzene rings is 1. The van der Waals surface area contributed by atoms with Gasteiger partial charge >= 0.3 is 0 Å². The molecule has 0 saturated heterocycles. The number of hydrogen-bond donors (Lipinski definition) is 0. The molecule has 1 aliphatic rings. The fourth-order valence-corrected chi connectivity index (χ4v) is 1.71. The van der Waals surface area contributed by atoms with E-state index < -0.39 is 0 Å². The van der Waals surface area contributed by atoms with Gasteiger partial charge in [-0.2, -0.15) is 0 Å². The quantitative estimate of drug-likeness (QED) is 0.756. The Balaban J connectivity index is 2.25. The van der Waals surface area contributed by atoms with Crippen LogP contribution in [-0.2, 0) is 6.42 Å². The highest BCUT2D eigenvalue weighted by molar-refractivity contribution is 9.09. The van der Waals surface area contributed by atoms with E-state index in [0.717, 1.165) is 17.3 Å². The number of alkyl halides is 1. The third-order valence-corrected chi connectivity index (χ3v) is 2.48. The van der Waals surface area contributed by atoms with Gasteiger partial charge in [-0.3, -0.25) is 0 Å². The van der Waals surface area contributed by atoms with Crippen LogP contribution in [0, 0.1) is 5.82 Å². The van der Waals surface area contributed by atoms with Crippen LogP contribution in [0.5, 0.6) is 5.75 Å². The molecular weight excluding hydrogens is 247 g/mol. The van der Waals surface area contributed by atoms with Crippen molar-refractivity contribution in [1.29, 1.82) is 0 Å². The molecule has 0 saturated carbocycles. The summed E-state index contributed by atoms with van der Waals surface area (Å²) in [6.07, 6.45) is 4.58. The van der Waals surface area contributed by atoms with Gasteiger partial charge in [0, 0.05) is 17.0 Å². The molecule has 0 N–H and O–H groups in total. The van der Waals surface area contributed by atoms with E-state index in [1.807, 2.05) is 18.2 Å². The summed E-state index contributed by atoms with van der Waals surface area (Å²) < 4.78 is 18.8. The molecule has 0 spiro atoms. The van der Waals surface area contributed by atoms with E-state index in [4.69, 9.17) is 4.74 Å². The lowest BCUT2D eigenvalue weighted by atomic mass is 10.1. The second kappa shape index (κ2) is 4.13. The highest BCUT2D eigenvalue weighted by atomic mass is 79.9. The Kier molecular flexibility index (Phi) is 2.87. The van der Waals surface area contributed by atoms with Gasteiger partial charge in [0.05, 0.1) is 6.61 Å². The summed E-state index contributed by atoms with van der Waals surface area (Å²) in [5.41, 5.74) is 1.71. The third kappa shape index (κ3) is 1.82. The molecule has 3 heteroatoms. The van der Waals surface area contributed by atoms with Crippen LogP contribution in [0.25, 0.3) is 6.08 Å². The predicted octanol–water partition coefficient (Wildman–Crippen LogP) is 3.17. The van der Waals surface area contributed by atoms with Crippen LogP contribution in [-0.4, -0.2) is 11.9 Å². The van der Waals surface area contributed by atoms with Gasteiger partial charge in [0.25, 0.3) is 0 Å². The Bertz CT molecular complexity index is 374. The van der Waals surface area contributed by atoms with Crippen molar-refractivity contribution >= 4 is 22.0 Å². The summed E-state index contributed by atoms with van der Waals surface area (Å²) in [7, 11) is 0. The normalized spacial score (nSPS) is 13.0. The smallest absolute Gasteiger partial charge is 0.134 e. The van der Waals surface area contributed by atoms with Crippen LogP contribution in [0.15, 0.2) is 18.2 Å². The summed E-state index contributed by atoms with van der Waals surface area (Å²) in [5.74, 6) is 0.422. The lowest BCUT2D eigenvalue weighted by molar-refractivity contribution is 0.342. The van der Waals surface area contributed by atoms with Crippen LogP contribution in [0.4, 0.5) is 4.39 Å². The van der Waals surface area contributed by atoms with Crippen LogP contribution < -0.4 is 4.74 Å². The molecular formula is C11H10BrFO. The van der Waals surface area contributed by atoms with Crippen LogP contribution in [0.1, 0.15) is 11.1 Å². The highest BCUT2D eigenvalue weighted by Gasteiger charge is 2.12. The van der Waals surface area contributed by atoms with Crippen molar-refractivity contribution in [2.45, 2.75) is 6.42 Å². The fraction of sp³-hybridized carbons (Fsp3) is 0.273. The first-order valence-corrected chi connectivity index (χ1v) is 5.61. The zero-order valence-corrected chi connectivity index (χ0v) is 9.18. The first-order chi connectivity index (χ1) is 6.81. The molecule has 0 atom stereocenters. The zero-order chi connectivity index (χ0) is 9.97. The number of ether oxygens (including phenoxy) is 1. The van der Waals surface area contributed by atoms with Crippen LogP contribution in [0.3, 0.4) is 0 Å². The molecule has 0 radical (unpaired) electrons. The van der Waals surface area contributed by atoms with Gasteiger partial charge in [0.15, 0.2) is 0 Å². The SMILES string of the molecule is Fc1cc(OCCBr)cc2c1C=CC2. The van der Waals surface area contributed by atoms with Crippen molar-refractivity contribution in [3.8, 4) is 5.75 Å². The van der Waals surface area contributed by atoms with Crippen molar-refractivity contribution in [2.24, 2.45) is 0 Å². The molecule has 74 valence electrons. The molecule has 1 aliphatic carbocycles. The molecule has 0 aliphatic heterocycles. The maximum atomic E-state index is 13.4. The van der Waals surface area contributed by atoms with Gasteiger partial charge in [-0.15, -0.1) is 0 Å². The number of allylic oxidation sites excluding steroid dienone is 1. The molecule has 14 heavy (non-hydrogen) atoms. The lowest BCUT2D eigenvalue weighted by Crippen LogP contribution is -1.99. The van der Waals surface area contributed by atoms with Crippen molar-refractivity contribution in [2.75, 3.05) is 11.9 Å². The van der Waals surface area contributed by atoms with Gasteiger partial charge in [0.1, 0.15) is 11.6 Å². The van der Waals surface area contributed by atoms with E-state index in [2.05, 4.69) is 15.9 Å². The maximum absolute atomic E-state index is 13.4. The van der Waals surface area contributed by atoms with Gasteiger partial charge < -0.3 is 4.74 Å². The Morgan fingerprint density at radius 2 is 2.29 bits per heavy atom. The molecule has 1 aromatic rings. The zero-order valence-electron chi connectivity index (χ0n) is 7.59. The summed E-state index contributed by atoms with van der Waals surface area (Å²) in [6.45, 7) is 0.561. The molecule has 1 nitrogen and oxygen atoms in total. The lowest BCUT2D eigenvalue weighted by Gasteiger charge is -2.07. The molecule has 1 aromatic carbocycles. The minimum Gasteiger partial charge on any atom is -0.493 e. The van der Waals surface area contributed by atoms with Gasteiger partial charge in [0.2, 0.25) is 0 Å². The van der Waals surface area contributed by atoms with E-state index in [0.29, 0.717) is 17.9 Å². The Morgan fingerprint density at radius 1 is 1.43 bits per heavy atom. The van der Waals surface area contributed by atoms with E-state index in [-0.39, 0.29) is 5.82 Å². The topological polar surface area (TPSA) is 9.23 Å². The van der Waals surface area contributed by atoms with Gasteiger partial charge in [-0.1, -0.05) is 28.1 Å². The molecule has 0 fully saturated rings. The Hall–Kier alpha value is -0.830. The van der Waals surface area contributed by atoms with Gasteiger partial charge in [-0.05, 0) is 18.1 Å². The fourth-order valence-electron chi connectivity index (χ4n) is 1.55.